The maximum absolute atomic E-state index is 12.5. The molecule has 0 atom stereocenters. The number of ether oxygens (including phenoxy) is 2. The van der Waals surface area contributed by atoms with Crippen LogP contribution in [0.1, 0.15) is 21.5 Å². The summed E-state index contributed by atoms with van der Waals surface area (Å²) in [6.45, 7) is -0.362. The van der Waals surface area contributed by atoms with Gasteiger partial charge in [-0.25, -0.2) is 4.79 Å². The van der Waals surface area contributed by atoms with E-state index < -0.39 is 17.7 Å². The van der Waals surface area contributed by atoms with E-state index in [1.54, 1.807) is 0 Å². The number of amides is 1. The summed E-state index contributed by atoms with van der Waals surface area (Å²) in [6, 6.07) is 8.79. The van der Waals surface area contributed by atoms with E-state index in [9.17, 15) is 22.8 Å². The highest BCUT2D eigenvalue weighted by atomic mass is 19.4. The van der Waals surface area contributed by atoms with Gasteiger partial charge in [0.15, 0.2) is 13.2 Å². The van der Waals surface area contributed by atoms with Gasteiger partial charge >= 0.3 is 12.1 Å². The van der Waals surface area contributed by atoms with E-state index in [-0.39, 0.29) is 24.7 Å². The fourth-order valence-electron chi connectivity index (χ4n) is 2.27. The monoisotopic (exact) mass is 375 g/mol. The highest BCUT2D eigenvalue weighted by Gasteiger charge is 2.29. The van der Waals surface area contributed by atoms with Crippen molar-refractivity contribution in [3.05, 3.63) is 59.2 Å². The highest BCUT2D eigenvalue weighted by molar-refractivity contribution is 5.97. The van der Waals surface area contributed by atoms with E-state index in [4.69, 9.17) is 9.47 Å². The molecular weight excluding hydrogens is 363 g/mol. The van der Waals surface area contributed by atoms with Crippen molar-refractivity contribution in [3.8, 4) is 17.6 Å². The van der Waals surface area contributed by atoms with Gasteiger partial charge in [-0.2, -0.15) is 13.2 Å². The van der Waals surface area contributed by atoms with Crippen LogP contribution in [-0.4, -0.2) is 25.1 Å². The lowest BCUT2D eigenvalue weighted by molar-refractivity contribution is -0.137. The Hall–Kier alpha value is -3.47. The molecule has 0 aromatic heterocycles. The Kier molecular flexibility index (Phi) is 5.03. The zero-order valence-corrected chi connectivity index (χ0v) is 13.7. The van der Waals surface area contributed by atoms with Crippen LogP contribution in [0.5, 0.6) is 5.75 Å². The van der Waals surface area contributed by atoms with Crippen molar-refractivity contribution in [2.45, 2.75) is 6.18 Å². The van der Waals surface area contributed by atoms with Crippen LogP contribution in [0.3, 0.4) is 0 Å². The number of benzene rings is 2. The molecule has 0 spiro atoms. The van der Waals surface area contributed by atoms with E-state index in [1.807, 2.05) is 0 Å². The third-order valence-electron chi connectivity index (χ3n) is 3.57. The van der Waals surface area contributed by atoms with Gasteiger partial charge < -0.3 is 14.8 Å². The molecule has 0 saturated heterocycles. The first-order valence-electron chi connectivity index (χ1n) is 7.73. The Bertz CT molecular complexity index is 940. The van der Waals surface area contributed by atoms with Gasteiger partial charge in [0.1, 0.15) is 5.75 Å². The number of carbonyl (C=O) groups excluding carboxylic acids is 2. The lowest BCUT2D eigenvalue weighted by Crippen LogP contribution is -2.25. The van der Waals surface area contributed by atoms with E-state index >= 15 is 0 Å². The Labute approximate surface area is 152 Å². The second-order valence-electron chi connectivity index (χ2n) is 5.50. The molecule has 8 heteroatoms. The molecule has 138 valence electrons. The Morgan fingerprint density at radius 2 is 1.93 bits per heavy atom. The average Bonchev–Trinajstić information content (AvgIpc) is 2.64. The fraction of sp³-hybridized carbons (Fsp3) is 0.158. The van der Waals surface area contributed by atoms with Crippen LogP contribution < -0.4 is 10.1 Å². The van der Waals surface area contributed by atoms with E-state index in [0.717, 1.165) is 12.1 Å². The molecule has 1 aliphatic heterocycles. The number of anilines is 1. The molecule has 1 amide bonds. The first-order chi connectivity index (χ1) is 12.8. The normalized spacial score (nSPS) is 12.8. The number of hydrogen-bond acceptors (Lipinski definition) is 4. The summed E-state index contributed by atoms with van der Waals surface area (Å²) in [6.07, 6.45) is -4.40. The molecular formula is C19H12F3NO4. The quantitative estimate of drug-likeness (QED) is 0.647. The van der Waals surface area contributed by atoms with Gasteiger partial charge in [0.25, 0.3) is 5.91 Å². The first-order valence-corrected chi connectivity index (χ1v) is 7.73. The molecule has 0 aliphatic carbocycles. The summed E-state index contributed by atoms with van der Waals surface area (Å²) in [5.74, 6) is 4.63. The van der Waals surface area contributed by atoms with Crippen molar-refractivity contribution in [1.29, 1.82) is 0 Å². The topological polar surface area (TPSA) is 64.6 Å². The third kappa shape index (κ3) is 4.58. The standard InChI is InChI=1S/C19H12F3NO4/c20-19(21,22)14-6-3-12(4-7-14)2-1-9-26-18(25)13-5-8-15-16(10-13)27-11-17(24)23-15/h3-8,10H,9,11H2,(H,23,24). The molecule has 2 aromatic rings. The fourth-order valence-corrected chi connectivity index (χ4v) is 2.27. The molecule has 0 fully saturated rings. The number of carbonyl (C=O) groups is 2. The highest BCUT2D eigenvalue weighted by Crippen LogP contribution is 2.29. The molecule has 0 saturated carbocycles. The maximum atomic E-state index is 12.5. The van der Waals surface area contributed by atoms with Crippen molar-refractivity contribution >= 4 is 17.6 Å². The molecule has 0 unspecified atom stereocenters. The van der Waals surface area contributed by atoms with Crippen LogP contribution in [0.25, 0.3) is 0 Å². The molecule has 0 radical (unpaired) electrons. The number of rotatable bonds is 2. The van der Waals surface area contributed by atoms with Crippen molar-refractivity contribution in [2.24, 2.45) is 0 Å². The van der Waals surface area contributed by atoms with Crippen LogP contribution in [0.2, 0.25) is 0 Å². The smallest absolute Gasteiger partial charge is 0.416 e. The Morgan fingerprint density at radius 1 is 1.19 bits per heavy atom. The lowest BCUT2D eigenvalue weighted by atomic mass is 10.1. The van der Waals surface area contributed by atoms with Crippen LogP contribution in [0.15, 0.2) is 42.5 Å². The number of fused-ring (bicyclic) bond motifs is 1. The minimum absolute atomic E-state index is 0.135. The number of nitrogens with one attached hydrogen (secondary N) is 1. The summed E-state index contributed by atoms with van der Waals surface area (Å²) in [7, 11) is 0. The van der Waals surface area contributed by atoms with Gasteiger partial charge in [0, 0.05) is 5.56 Å². The molecule has 27 heavy (non-hydrogen) atoms. The van der Waals surface area contributed by atoms with E-state index in [0.29, 0.717) is 17.0 Å². The van der Waals surface area contributed by atoms with Gasteiger partial charge in [0.05, 0.1) is 16.8 Å². The molecule has 1 heterocycles. The van der Waals surface area contributed by atoms with Gasteiger partial charge in [-0.3, -0.25) is 4.79 Å². The lowest BCUT2D eigenvalue weighted by Gasteiger charge is -2.18. The summed E-state index contributed by atoms with van der Waals surface area (Å²) < 4.78 is 47.7. The van der Waals surface area contributed by atoms with Gasteiger partial charge in [-0.05, 0) is 42.5 Å². The molecule has 3 rings (SSSR count). The van der Waals surface area contributed by atoms with Crippen molar-refractivity contribution < 1.29 is 32.2 Å². The minimum Gasteiger partial charge on any atom is -0.482 e. The second kappa shape index (κ2) is 7.41. The second-order valence-corrected chi connectivity index (χ2v) is 5.50. The maximum Gasteiger partial charge on any atom is 0.416 e. The summed E-state index contributed by atoms with van der Waals surface area (Å²) in [5, 5.41) is 2.60. The number of hydrogen-bond donors (Lipinski definition) is 1. The molecule has 1 aliphatic rings. The Morgan fingerprint density at radius 3 is 2.63 bits per heavy atom. The van der Waals surface area contributed by atoms with E-state index in [1.165, 1.54) is 30.3 Å². The van der Waals surface area contributed by atoms with Gasteiger partial charge in [-0.1, -0.05) is 11.8 Å². The predicted octanol–water partition coefficient (Wildman–Crippen LogP) is 3.24. The van der Waals surface area contributed by atoms with E-state index in [2.05, 4.69) is 17.2 Å². The third-order valence-corrected chi connectivity index (χ3v) is 3.57. The predicted molar refractivity (Wildman–Crippen MR) is 89.2 cm³/mol. The SMILES string of the molecule is O=C1COc2cc(C(=O)OCC#Cc3ccc(C(F)(F)F)cc3)ccc2N1. The van der Waals surface area contributed by atoms with Crippen LogP contribution in [-0.2, 0) is 15.7 Å². The molecule has 5 nitrogen and oxygen atoms in total. The minimum atomic E-state index is -4.40. The summed E-state index contributed by atoms with van der Waals surface area (Å²) >= 11 is 0. The zero-order valence-electron chi connectivity index (χ0n) is 13.7. The molecule has 0 bridgehead atoms. The summed E-state index contributed by atoms with van der Waals surface area (Å²) in [4.78, 5) is 23.2. The molecule has 1 N–H and O–H groups in total. The van der Waals surface area contributed by atoms with Crippen LogP contribution in [0, 0.1) is 11.8 Å². The number of alkyl halides is 3. The van der Waals surface area contributed by atoms with Crippen molar-refractivity contribution in [1.82, 2.24) is 0 Å². The average molecular weight is 375 g/mol. The number of esters is 1. The van der Waals surface area contributed by atoms with Gasteiger partial charge in [0.2, 0.25) is 0 Å². The largest absolute Gasteiger partial charge is 0.482 e. The number of halogens is 3. The zero-order chi connectivity index (χ0) is 19.4. The Balaban J connectivity index is 1.57. The first kappa shape index (κ1) is 18.3. The summed E-state index contributed by atoms with van der Waals surface area (Å²) in [5.41, 5.74) is 0.299. The molecule has 2 aromatic carbocycles. The van der Waals surface area contributed by atoms with Crippen molar-refractivity contribution in [2.75, 3.05) is 18.5 Å². The van der Waals surface area contributed by atoms with Crippen molar-refractivity contribution in [3.63, 3.8) is 0 Å². The van der Waals surface area contributed by atoms with Crippen LogP contribution >= 0.6 is 0 Å². The van der Waals surface area contributed by atoms with Gasteiger partial charge in [-0.15, -0.1) is 0 Å². The van der Waals surface area contributed by atoms with Crippen LogP contribution in [0.4, 0.5) is 18.9 Å².